The topological polar surface area (TPSA) is 62.5 Å². The number of imidazole rings is 1. The molecule has 1 saturated heterocycles. The molecule has 1 aliphatic rings. The van der Waals surface area contributed by atoms with Crippen LogP contribution in [0.2, 0.25) is 0 Å². The van der Waals surface area contributed by atoms with Crippen LogP contribution in [0.15, 0.2) is 36.8 Å². The number of likely N-dealkylation sites (tertiary alicyclic amines) is 1. The van der Waals surface area contributed by atoms with Crippen molar-refractivity contribution in [3.8, 4) is 11.3 Å². The molecular formula is C18H15F4N5O. The van der Waals surface area contributed by atoms with E-state index >= 15 is 0 Å². The maximum atomic E-state index is 14.3. The molecule has 0 radical (unpaired) electrons. The van der Waals surface area contributed by atoms with Crippen LogP contribution in [0.5, 0.6) is 0 Å². The van der Waals surface area contributed by atoms with E-state index in [1.165, 1.54) is 24.4 Å². The summed E-state index contributed by atoms with van der Waals surface area (Å²) in [5, 5.41) is 2.69. The quantitative estimate of drug-likeness (QED) is 0.669. The maximum Gasteiger partial charge on any atom is 0.419 e. The highest BCUT2D eigenvalue weighted by Gasteiger charge is 2.31. The second-order valence-corrected chi connectivity index (χ2v) is 6.81. The lowest BCUT2D eigenvalue weighted by atomic mass is 10.0. The van der Waals surface area contributed by atoms with Crippen molar-refractivity contribution in [3.05, 3.63) is 48.2 Å². The molecule has 0 aliphatic carbocycles. The third-order valence-corrected chi connectivity index (χ3v) is 4.48. The van der Waals surface area contributed by atoms with Crippen molar-refractivity contribution in [2.45, 2.75) is 13.1 Å². The Kier molecular flexibility index (Phi) is 4.20. The standard InChI is InChI=1S/C18H15F4N5O/c1-10-6-27(7-10)17(28)24-12-2-3-14(19)13(4-12)15-9-26-8-11(18(20,21)22)5-23-16(26)25-15/h2-5,8-10H,6-7H2,1H3,(H,24,28). The van der Waals surface area contributed by atoms with Gasteiger partial charge >= 0.3 is 12.2 Å². The Bertz CT molecular complexity index is 1060. The monoisotopic (exact) mass is 393 g/mol. The van der Waals surface area contributed by atoms with Gasteiger partial charge in [0.1, 0.15) is 5.82 Å². The van der Waals surface area contributed by atoms with Crippen molar-refractivity contribution >= 4 is 17.5 Å². The largest absolute Gasteiger partial charge is 0.419 e. The number of fused-ring (bicyclic) bond motifs is 1. The average molecular weight is 393 g/mol. The number of rotatable bonds is 2. The molecule has 3 aromatic rings. The minimum atomic E-state index is -4.55. The molecule has 0 unspecified atom stereocenters. The smallest absolute Gasteiger partial charge is 0.324 e. The van der Waals surface area contributed by atoms with Crippen LogP contribution in [-0.4, -0.2) is 38.4 Å². The van der Waals surface area contributed by atoms with Gasteiger partial charge in [0.15, 0.2) is 0 Å². The summed E-state index contributed by atoms with van der Waals surface area (Å²) in [6.07, 6.45) is -1.77. The molecule has 0 saturated carbocycles. The van der Waals surface area contributed by atoms with Crippen LogP contribution in [0, 0.1) is 11.7 Å². The van der Waals surface area contributed by atoms with Crippen molar-refractivity contribution in [1.29, 1.82) is 0 Å². The highest BCUT2D eigenvalue weighted by atomic mass is 19.4. The van der Waals surface area contributed by atoms with Crippen LogP contribution in [0.3, 0.4) is 0 Å². The van der Waals surface area contributed by atoms with Gasteiger partial charge in [-0.2, -0.15) is 13.2 Å². The normalized spacial score (nSPS) is 15.0. The van der Waals surface area contributed by atoms with Gasteiger partial charge in [0, 0.05) is 42.9 Å². The van der Waals surface area contributed by atoms with Gasteiger partial charge in [-0.1, -0.05) is 6.92 Å². The van der Waals surface area contributed by atoms with Gasteiger partial charge in [-0.25, -0.2) is 19.2 Å². The predicted molar refractivity (Wildman–Crippen MR) is 93.1 cm³/mol. The summed E-state index contributed by atoms with van der Waals surface area (Å²) in [6.45, 7) is 3.33. The van der Waals surface area contributed by atoms with E-state index in [2.05, 4.69) is 15.3 Å². The van der Waals surface area contributed by atoms with E-state index in [0.717, 1.165) is 10.6 Å². The van der Waals surface area contributed by atoms with E-state index in [1.54, 1.807) is 4.90 Å². The molecule has 0 atom stereocenters. The summed E-state index contributed by atoms with van der Waals surface area (Å²) < 4.78 is 53.9. The van der Waals surface area contributed by atoms with Crippen LogP contribution in [0.4, 0.5) is 28.0 Å². The lowest BCUT2D eigenvalue weighted by Gasteiger charge is -2.37. The first-order valence-corrected chi connectivity index (χ1v) is 8.48. The second kappa shape index (κ2) is 6.47. The Morgan fingerprint density at radius 2 is 2.00 bits per heavy atom. The number of aromatic nitrogens is 3. The molecule has 1 aromatic carbocycles. The summed E-state index contributed by atoms with van der Waals surface area (Å²) in [5.41, 5.74) is -0.414. The van der Waals surface area contributed by atoms with Crippen LogP contribution in [0.25, 0.3) is 17.0 Å². The molecule has 146 valence electrons. The summed E-state index contributed by atoms with van der Waals surface area (Å²) in [7, 11) is 0. The Morgan fingerprint density at radius 3 is 2.68 bits per heavy atom. The van der Waals surface area contributed by atoms with Crippen LogP contribution in [-0.2, 0) is 6.18 Å². The minimum Gasteiger partial charge on any atom is -0.324 e. The predicted octanol–water partition coefficient (Wildman–Crippen LogP) is 4.04. The van der Waals surface area contributed by atoms with Gasteiger partial charge in [-0.15, -0.1) is 0 Å². The van der Waals surface area contributed by atoms with Crippen molar-refractivity contribution in [3.63, 3.8) is 0 Å². The van der Waals surface area contributed by atoms with E-state index in [4.69, 9.17) is 0 Å². The summed E-state index contributed by atoms with van der Waals surface area (Å²) in [6, 6.07) is 3.68. The van der Waals surface area contributed by atoms with Crippen molar-refractivity contribution in [2.24, 2.45) is 5.92 Å². The fourth-order valence-electron chi connectivity index (χ4n) is 3.03. The molecular weight excluding hydrogens is 378 g/mol. The van der Waals surface area contributed by atoms with Crippen molar-refractivity contribution < 1.29 is 22.4 Å². The number of hydrogen-bond donors (Lipinski definition) is 1. The first-order valence-electron chi connectivity index (χ1n) is 8.48. The second-order valence-electron chi connectivity index (χ2n) is 6.81. The van der Waals surface area contributed by atoms with E-state index < -0.39 is 17.6 Å². The van der Waals surface area contributed by atoms with Crippen LogP contribution in [0.1, 0.15) is 12.5 Å². The van der Waals surface area contributed by atoms with Gasteiger partial charge < -0.3 is 10.2 Å². The highest BCUT2D eigenvalue weighted by molar-refractivity contribution is 5.90. The van der Waals surface area contributed by atoms with Crippen molar-refractivity contribution in [1.82, 2.24) is 19.3 Å². The van der Waals surface area contributed by atoms with Gasteiger partial charge in [0.25, 0.3) is 0 Å². The van der Waals surface area contributed by atoms with Gasteiger partial charge in [0.2, 0.25) is 5.78 Å². The van der Waals surface area contributed by atoms with Gasteiger partial charge in [0.05, 0.1) is 11.3 Å². The van der Waals surface area contributed by atoms with Gasteiger partial charge in [-0.3, -0.25) is 4.40 Å². The van der Waals surface area contributed by atoms with E-state index in [1.807, 2.05) is 6.92 Å². The Labute approximate surface area is 156 Å². The number of halogens is 4. The molecule has 2 amide bonds. The molecule has 4 rings (SSSR count). The molecule has 10 heteroatoms. The Morgan fingerprint density at radius 1 is 1.25 bits per heavy atom. The fourth-order valence-corrected chi connectivity index (χ4v) is 3.03. The highest BCUT2D eigenvalue weighted by Crippen LogP contribution is 2.30. The zero-order valence-electron chi connectivity index (χ0n) is 14.7. The third-order valence-electron chi connectivity index (χ3n) is 4.48. The van der Waals surface area contributed by atoms with Crippen molar-refractivity contribution in [2.75, 3.05) is 18.4 Å². The molecule has 1 N–H and O–H groups in total. The molecule has 0 spiro atoms. The SMILES string of the molecule is CC1CN(C(=O)Nc2ccc(F)c(-c3cn4cc(C(F)(F)F)cnc4n3)c2)C1. The van der Waals surface area contributed by atoms with E-state index in [0.29, 0.717) is 30.9 Å². The number of urea groups is 1. The first-order chi connectivity index (χ1) is 13.2. The maximum absolute atomic E-state index is 14.3. The molecule has 0 bridgehead atoms. The molecule has 1 fully saturated rings. The third kappa shape index (κ3) is 3.37. The molecule has 3 heterocycles. The minimum absolute atomic E-state index is 0.00593. The molecule has 6 nitrogen and oxygen atoms in total. The Balaban J connectivity index is 1.64. The zero-order valence-corrected chi connectivity index (χ0v) is 14.7. The number of carbonyl (C=O) groups excluding carboxylic acids is 1. The summed E-state index contributed by atoms with van der Waals surface area (Å²) in [5.74, 6) is -0.164. The fraction of sp³-hybridized carbons (Fsp3) is 0.278. The van der Waals surface area contributed by atoms with E-state index in [9.17, 15) is 22.4 Å². The van der Waals surface area contributed by atoms with E-state index in [-0.39, 0.29) is 23.1 Å². The van der Waals surface area contributed by atoms with Crippen LogP contribution >= 0.6 is 0 Å². The average Bonchev–Trinajstić information content (AvgIpc) is 3.02. The number of anilines is 1. The number of amides is 2. The number of alkyl halides is 3. The van der Waals surface area contributed by atoms with Gasteiger partial charge in [-0.05, 0) is 24.1 Å². The summed E-state index contributed by atoms with van der Waals surface area (Å²) in [4.78, 5) is 21.5. The summed E-state index contributed by atoms with van der Waals surface area (Å²) >= 11 is 0. The number of nitrogens with one attached hydrogen (secondary N) is 1. The molecule has 1 aliphatic heterocycles. The number of hydrogen-bond acceptors (Lipinski definition) is 3. The molecule has 28 heavy (non-hydrogen) atoms. The lowest BCUT2D eigenvalue weighted by Crippen LogP contribution is -2.50. The zero-order chi connectivity index (χ0) is 20.1. The number of benzene rings is 1. The first kappa shape index (κ1) is 18.2. The number of carbonyl (C=O) groups is 1. The number of nitrogens with zero attached hydrogens (tertiary/aromatic N) is 4. The Hall–Kier alpha value is -3.17. The lowest BCUT2D eigenvalue weighted by molar-refractivity contribution is -0.138. The van der Waals surface area contributed by atoms with Crippen LogP contribution < -0.4 is 5.32 Å². The molecule has 2 aromatic heterocycles.